The number of aliphatic hydroxyl groups excluding tert-OH is 1. The molecular weight excluding hydrogens is 622 g/mol. The average molecular weight is 666 g/mol. The summed E-state index contributed by atoms with van der Waals surface area (Å²) in [7, 11) is -2.84. The van der Waals surface area contributed by atoms with Gasteiger partial charge in [-0.25, -0.2) is 0 Å². The van der Waals surface area contributed by atoms with Gasteiger partial charge in [-0.2, -0.15) is 0 Å². The number of ether oxygens (including phenoxy) is 1. The number of aromatic nitrogens is 3. The van der Waals surface area contributed by atoms with E-state index >= 15 is 0 Å². The molecule has 3 aliphatic rings. The Bertz CT molecular complexity index is 1590. The van der Waals surface area contributed by atoms with Crippen molar-refractivity contribution >= 4 is 43.1 Å². The lowest BCUT2D eigenvalue weighted by molar-refractivity contribution is -0.146. The topological polar surface area (TPSA) is 121 Å². The Morgan fingerprint density at radius 3 is 2.70 bits per heavy atom. The lowest BCUT2D eigenvalue weighted by Gasteiger charge is -2.32. The molecule has 4 heterocycles. The summed E-state index contributed by atoms with van der Waals surface area (Å²) < 4.78 is 8.65. The van der Waals surface area contributed by atoms with E-state index in [0.717, 1.165) is 48.2 Å². The van der Waals surface area contributed by atoms with Crippen LogP contribution in [0.25, 0.3) is 0 Å². The number of hydrogen-bond donors (Lipinski definition) is 2. The quantitative estimate of drug-likeness (QED) is 0.302. The Hall–Kier alpha value is -3.09. The van der Waals surface area contributed by atoms with Gasteiger partial charge in [-0.15, -0.1) is 5.10 Å². The van der Waals surface area contributed by atoms with E-state index in [1.54, 1.807) is 15.6 Å². The monoisotopic (exact) mass is 665 g/mol. The maximum atomic E-state index is 14.8. The second-order valence-electron chi connectivity index (χ2n) is 13.5. The largest absolute Gasteiger partial charge is 0.432 e. The molecule has 2 N–H and O–H groups in total. The molecule has 0 bridgehead atoms. The molecule has 2 saturated heterocycles. The molecule has 0 aliphatic carbocycles. The van der Waals surface area contributed by atoms with E-state index in [9.17, 15) is 19.5 Å². The lowest BCUT2D eigenvalue weighted by Crippen LogP contribution is -2.46. The summed E-state index contributed by atoms with van der Waals surface area (Å²) in [6.07, 6.45) is 7.02. The van der Waals surface area contributed by atoms with Crippen molar-refractivity contribution in [1.82, 2.24) is 15.0 Å². The number of carbonyl (C=O) groups is 2. The molecule has 12 heteroatoms. The Morgan fingerprint density at radius 2 is 1.91 bits per heavy atom. The van der Waals surface area contributed by atoms with Crippen LogP contribution in [0.2, 0.25) is 23.7 Å². The second-order valence-corrected chi connectivity index (χ2v) is 17.9. The van der Waals surface area contributed by atoms with Gasteiger partial charge in [0, 0.05) is 66.5 Å². The number of rotatable bonds is 9. The number of fused-ring (bicyclic) bond motifs is 2. The molecule has 0 saturated carbocycles. The van der Waals surface area contributed by atoms with Crippen LogP contribution >= 0.6 is 11.6 Å². The first kappa shape index (κ1) is 32.8. The number of aryl methyl sites for hydroxylation is 1. The van der Waals surface area contributed by atoms with Crippen LogP contribution in [0.5, 0.6) is 0 Å². The van der Waals surface area contributed by atoms with Gasteiger partial charge in [0.2, 0.25) is 5.91 Å². The first-order chi connectivity index (χ1) is 22.0. The number of halogens is 1. The molecule has 10 nitrogen and oxygen atoms in total. The summed E-state index contributed by atoms with van der Waals surface area (Å²) in [6.45, 7) is 7.33. The molecule has 0 radical (unpaired) electrons. The van der Waals surface area contributed by atoms with E-state index in [4.69, 9.17) is 16.3 Å². The van der Waals surface area contributed by atoms with Crippen molar-refractivity contribution in [3.8, 4) is 0 Å². The maximum Gasteiger partial charge on any atom is 0.264 e. The smallest absolute Gasteiger partial charge is 0.264 e. The number of anilines is 2. The van der Waals surface area contributed by atoms with Gasteiger partial charge in [-0.3, -0.25) is 14.3 Å². The highest BCUT2D eigenvalue weighted by molar-refractivity contribution is 6.71. The van der Waals surface area contributed by atoms with Crippen LogP contribution < -0.4 is 9.80 Å². The number of nitrogens with zero attached hydrogens (tertiary/aromatic N) is 5. The molecule has 2 aromatic carbocycles. The molecule has 1 spiro atoms. The van der Waals surface area contributed by atoms with E-state index < -0.39 is 20.0 Å². The predicted octanol–water partition coefficient (Wildman–Crippen LogP) is 5.20. The third kappa shape index (κ3) is 6.15. The van der Waals surface area contributed by atoms with Gasteiger partial charge in [0.15, 0.2) is 13.9 Å². The fourth-order valence-electron chi connectivity index (χ4n) is 7.85. The van der Waals surface area contributed by atoms with Gasteiger partial charge in [-0.1, -0.05) is 48.7 Å². The maximum absolute atomic E-state index is 14.8. The number of benzene rings is 2. The van der Waals surface area contributed by atoms with Crippen LogP contribution in [0.1, 0.15) is 62.3 Å². The van der Waals surface area contributed by atoms with Crippen molar-refractivity contribution in [3.05, 3.63) is 70.5 Å². The Kier molecular flexibility index (Phi) is 9.42. The van der Waals surface area contributed by atoms with Crippen molar-refractivity contribution < 1.29 is 24.2 Å². The standard InChI is InChI=1S/C34H44ClN5O5Si/c1-23-32(46(2,3)44)30(14-17-38-22-26(15-18-41)36-37-38)45-34(23)28-20-25(35)12-13-29(28)40(33(34)43)21-24-9-8-10-27(19-24)39-16-7-5-4-6-11-31(39)42/h8-10,12-13,19-20,22-23,30,32,41,44H,4-7,11,14-18,21H2,1-3H3/t23-,30+,32-,34+/m0/s1. The molecule has 3 aliphatic heterocycles. The zero-order valence-corrected chi connectivity index (χ0v) is 28.6. The summed E-state index contributed by atoms with van der Waals surface area (Å²) in [5, 5.41) is 18.1. The minimum Gasteiger partial charge on any atom is -0.432 e. The van der Waals surface area contributed by atoms with Crippen molar-refractivity contribution in [1.29, 1.82) is 0 Å². The van der Waals surface area contributed by atoms with Crippen molar-refractivity contribution in [2.24, 2.45) is 5.92 Å². The average Bonchev–Trinajstić information content (AvgIpc) is 3.64. The van der Waals surface area contributed by atoms with Crippen LogP contribution in [0.15, 0.2) is 48.7 Å². The number of hydrogen-bond acceptors (Lipinski definition) is 7. The summed E-state index contributed by atoms with van der Waals surface area (Å²) in [5.74, 6) is -0.337. The van der Waals surface area contributed by atoms with E-state index in [-0.39, 0.29) is 29.9 Å². The summed E-state index contributed by atoms with van der Waals surface area (Å²) in [4.78, 5) is 43.0. The molecule has 246 valence electrons. The molecule has 4 atom stereocenters. The predicted molar refractivity (Wildman–Crippen MR) is 179 cm³/mol. The van der Waals surface area contributed by atoms with Crippen LogP contribution in [0.3, 0.4) is 0 Å². The fourth-order valence-corrected chi connectivity index (χ4v) is 10.6. The van der Waals surface area contributed by atoms with Gasteiger partial charge >= 0.3 is 0 Å². The zero-order chi connectivity index (χ0) is 32.6. The Labute approximate surface area is 276 Å². The van der Waals surface area contributed by atoms with Gasteiger partial charge in [0.25, 0.3) is 5.91 Å². The van der Waals surface area contributed by atoms with E-state index in [2.05, 4.69) is 10.3 Å². The number of carbonyl (C=O) groups excluding carboxylic acids is 2. The van der Waals surface area contributed by atoms with Crippen LogP contribution in [0, 0.1) is 5.92 Å². The highest BCUT2D eigenvalue weighted by atomic mass is 35.5. The van der Waals surface area contributed by atoms with Gasteiger partial charge in [0.05, 0.1) is 24.0 Å². The lowest BCUT2D eigenvalue weighted by atomic mass is 9.82. The Balaban J connectivity index is 1.31. The van der Waals surface area contributed by atoms with Gasteiger partial charge in [-0.05, 0) is 68.3 Å². The normalized spacial score (nSPS) is 25.3. The third-order valence-corrected chi connectivity index (χ3v) is 12.7. The number of aliphatic hydroxyl groups is 1. The van der Waals surface area contributed by atoms with Crippen molar-refractivity contribution in [3.63, 3.8) is 0 Å². The van der Waals surface area contributed by atoms with E-state index in [0.29, 0.717) is 49.6 Å². The van der Waals surface area contributed by atoms with Gasteiger partial charge in [0.1, 0.15) is 0 Å². The first-order valence-electron chi connectivity index (χ1n) is 16.4. The van der Waals surface area contributed by atoms with Crippen LogP contribution in [-0.4, -0.2) is 64.3 Å². The van der Waals surface area contributed by atoms with Crippen LogP contribution in [0.4, 0.5) is 11.4 Å². The molecule has 46 heavy (non-hydrogen) atoms. The zero-order valence-electron chi connectivity index (χ0n) is 26.9. The molecule has 1 aromatic heterocycles. The molecule has 3 aromatic rings. The second kappa shape index (κ2) is 13.2. The van der Waals surface area contributed by atoms with Gasteiger partial charge < -0.3 is 24.4 Å². The molecule has 2 fully saturated rings. The highest BCUT2D eigenvalue weighted by Gasteiger charge is 2.66. The van der Waals surface area contributed by atoms with Crippen LogP contribution in [-0.2, 0) is 39.4 Å². The SMILES string of the molecule is C[C@H]1[C@H]([Si](C)(C)O)[C@@H](CCn2cc(CCO)nn2)O[C@]12C(=O)N(Cc1cccc(N3CCCCCCC3=O)c1)c1ccc(Cl)cc12. The first-order valence-corrected chi connectivity index (χ1v) is 19.8. The van der Waals surface area contributed by atoms with Crippen molar-refractivity contribution in [2.45, 2.75) is 95.3 Å². The summed E-state index contributed by atoms with van der Waals surface area (Å²) in [6, 6.07) is 13.4. The minimum absolute atomic E-state index is 0.00189. The minimum atomic E-state index is -2.84. The third-order valence-electron chi connectivity index (χ3n) is 9.93. The molecule has 0 unspecified atom stereocenters. The van der Waals surface area contributed by atoms with E-state index in [1.807, 2.05) is 67.5 Å². The molecule has 6 rings (SSSR count). The number of amides is 2. The molecular formula is C34H44ClN5O5Si. The van der Waals surface area contributed by atoms with Crippen molar-refractivity contribution in [2.75, 3.05) is 23.0 Å². The highest BCUT2D eigenvalue weighted by Crippen LogP contribution is 2.60. The summed E-state index contributed by atoms with van der Waals surface area (Å²) >= 11 is 6.57. The fraction of sp³-hybridized carbons (Fsp3) is 0.529. The summed E-state index contributed by atoms with van der Waals surface area (Å²) in [5.41, 5.74) is 2.42. The van der Waals surface area contributed by atoms with E-state index in [1.165, 1.54) is 0 Å². The Morgan fingerprint density at radius 1 is 1.11 bits per heavy atom. The molecule has 2 amide bonds.